The van der Waals surface area contributed by atoms with Gasteiger partial charge in [-0.1, -0.05) is 90.5 Å². The Morgan fingerprint density at radius 3 is 1.83 bits per heavy atom. The molecule has 200 valence electrons. The van der Waals surface area contributed by atoms with Crippen LogP contribution in [0.25, 0.3) is 32.9 Å². The number of hydrogen-bond acceptors (Lipinski definition) is 3. The van der Waals surface area contributed by atoms with Gasteiger partial charge in [0.15, 0.2) is 11.6 Å². The van der Waals surface area contributed by atoms with E-state index in [1.165, 1.54) is 32.8 Å². The van der Waals surface area contributed by atoms with Crippen molar-refractivity contribution >= 4 is 38.9 Å². The molecule has 0 bridgehead atoms. The summed E-state index contributed by atoms with van der Waals surface area (Å²) in [6, 6.07) is 38.3. The third-order valence-corrected chi connectivity index (χ3v) is 7.77. The Balaban J connectivity index is 1.42. The van der Waals surface area contributed by atoms with Crippen LogP contribution in [0.5, 0.6) is 0 Å². The van der Waals surface area contributed by atoms with Crippen LogP contribution in [-0.4, -0.2) is 19.6 Å². The summed E-state index contributed by atoms with van der Waals surface area (Å²) in [6.07, 6.45) is 2.04. The van der Waals surface area contributed by atoms with Gasteiger partial charge in [0.25, 0.3) is 0 Å². The molecule has 0 spiro atoms. The van der Waals surface area contributed by atoms with Crippen LogP contribution in [0, 0.1) is 27.7 Å². The van der Waals surface area contributed by atoms with Crippen LogP contribution in [0.15, 0.2) is 115 Å². The molecule has 2 heterocycles. The van der Waals surface area contributed by atoms with Crippen LogP contribution in [0.2, 0.25) is 0 Å². The fraction of sp³-hybridized carbons (Fsp3) is 0.111. The molecule has 0 radical (unpaired) electrons. The molecule has 0 saturated carbocycles. The first-order valence-corrected chi connectivity index (χ1v) is 13.9. The third kappa shape index (κ3) is 4.27. The van der Waals surface area contributed by atoms with Crippen LogP contribution < -0.4 is 4.90 Å². The van der Waals surface area contributed by atoms with Gasteiger partial charge in [0.1, 0.15) is 0 Å². The summed E-state index contributed by atoms with van der Waals surface area (Å²) in [5.74, 6) is 1.64. The summed E-state index contributed by atoms with van der Waals surface area (Å²) < 4.78 is 4.02. The molecule has 7 rings (SSSR count). The number of fused-ring (bicyclic) bond motifs is 2. The monoisotopic (exact) mass is 533 g/mol. The Kier molecular flexibility index (Phi) is 5.93. The maximum absolute atomic E-state index is 5.21. The predicted octanol–water partition coefficient (Wildman–Crippen LogP) is 9.07. The first-order chi connectivity index (χ1) is 20.0. The average Bonchev–Trinajstić information content (AvgIpc) is 3.61. The van der Waals surface area contributed by atoms with E-state index < -0.39 is 0 Å². The van der Waals surface area contributed by atoms with E-state index in [9.17, 15) is 0 Å². The van der Waals surface area contributed by atoms with E-state index in [0.717, 1.165) is 39.8 Å². The number of anilines is 3. The Hall–Kier alpha value is -5.16. The van der Waals surface area contributed by atoms with Gasteiger partial charge < -0.3 is 0 Å². The minimum absolute atomic E-state index is 0.815. The fourth-order valence-corrected chi connectivity index (χ4v) is 6.05. The Morgan fingerprint density at radius 1 is 0.561 bits per heavy atom. The van der Waals surface area contributed by atoms with Gasteiger partial charge in [-0.15, -0.1) is 10.2 Å². The van der Waals surface area contributed by atoms with Crippen LogP contribution in [-0.2, 0) is 0 Å². The molecular formula is C36H31N5. The molecule has 0 fully saturated rings. The molecule has 0 N–H and O–H groups in total. The fourth-order valence-electron chi connectivity index (χ4n) is 6.05. The summed E-state index contributed by atoms with van der Waals surface area (Å²) >= 11 is 0. The minimum Gasteiger partial charge on any atom is -0.275 e. The second-order valence-corrected chi connectivity index (χ2v) is 10.8. The lowest BCUT2D eigenvalue weighted by Crippen LogP contribution is -2.15. The molecule has 0 aliphatic carbocycles. The van der Waals surface area contributed by atoms with Crippen molar-refractivity contribution in [3.63, 3.8) is 0 Å². The Morgan fingerprint density at radius 2 is 1.15 bits per heavy atom. The first-order valence-electron chi connectivity index (χ1n) is 13.9. The van der Waals surface area contributed by atoms with Crippen LogP contribution >= 0.6 is 0 Å². The first kappa shape index (κ1) is 24.9. The van der Waals surface area contributed by atoms with E-state index in [1.54, 1.807) is 0 Å². The molecule has 0 aliphatic heterocycles. The molecule has 0 amide bonds. The molecule has 2 aromatic heterocycles. The number of rotatable bonds is 5. The number of nitrogens with zero attached hydrogens (tertiary/aromatic N) is 5. The Bertz CT molecular complexity index is 2030. The van der Waals surface area contributed by atoms with Gasteiger partial charge in [-0.05, 0) is 61.7 Å². The lowest BCUT2D eigenvalue weighted by molar-refractivity contribution is 0.843. The summed E-state index contributed by atoms with van der Waals surface area (Å²) in [6.45, 7) is 8.58. The summed E-state index contributed by atoms with van der Waals surface area (Å²) in [5, 5.41) is 15.1. The molecule has 41 heavy (non-hydrogen) atoms. The van der Waals surface area contributed by atoms with E-state index >= 15 is 0 Å². The largest absolute Gasteiger partial charge is 0.275 e. The van der Waals surface area contributed by atoms with Crippen molar-refractivity contribution in [2.45, 2.75) is 27.7 Å². The minimum atomic E-state index is 0.815. The van der Waals surface area contributed by atoms with Gasteiger partial charge in [0.05, 0.1) is 17.1 Å². The van der Waals surface area contributed by atoms with Crippen molar-refractivity contribution in [1.82, 2.24) is 19.6 Å². The maximum atomic E-state index is 5.21. The van der Waals surface area contributed by atoms with Crippen LogP contribution in [0.1, 0.15) is 22.4 Å². The van der Waals surface area contributed by atoms with Crippen molar-refractivity contribution in [3.8, 4) is 11.4 Å². The van der Waals surface area contributed by atoms with Crippen molar-refractivity contribution in [2.24, 2.45) is 0 Å². The molecule has 5 nitrogen and oxygen atoms in total. The van der Waals surface area contributed by atoms with Gasteiger partial charge in [0.2, 0.25) is 0 Å². The highest BCUT2D eigenvalue weighted by Gasteiger charge is 2.23. The molecular weight excluding hydrogens is 502 g/mol. The van der Waals surface area contributed by atoms with Crippen LogP contribution in [0.4, 0.5) is 17.3 Å². The predicted molar refractivity (Wildman–Crippen MR) is 169 cm³/mol. The number of benzene rings is 5. The molecule has 0 saturated heterocycles. The van der Waals surface area contributed by atoms with E-state index in [0.29, 0.717) is 0 Å². The highest BCUT2D eigenvalue weighted by molar-refractivity contribution is 5.91. The average molecular weight is 534 g/mol. The molecule has 5 heteroatoms. The van der Waals surface area contributed by atoms with E-state index in [-0.39, 0.29) is 0 Å². The topological polar surface area (TPSA) is 38.9 Å². The number of aryl methyl sites for hydroxylation is 4. The smallest absolute Gasteiger partial charge is 0.161 e. The van der Waals surface area contributed by atoms with Crippen molar-refractivity contribution in [3.05, 3.63) is 138 Å². The van der Waals surface area contributed by atoms with E-state index in [4.69, 9.17) is 10.2 Å². The molecule has 7 aromatic rings. The molecule has 0 atom stereocenters. The highest BCUT2D eigenvalue weighted by atomic mass is 15.4. The van der Waals surface area contributed by atoms with Crippen molar-refractivity contribution in [2.75, 3.05) is 4.90 Å². The summed E-state index contributed by atoms with van der Waals surface area (Å²) in [7, 11) is 0. The standard InChI is InChI=1S/C36H31N5/c1-24-21-25(2)36(26(3)22-24)40(34-19-20-39(37-34)32-17-9-13-28-11-5-7-15-30(28)32)35-23-27(4)41(38-35)33-18-10-14-29-12-6-8-16-31(29)33/h5-23H,1-4H3. The number of hydrogen-bond donors (Lipinski definition) is 0. The lowest BCUT2D eigenvalue weighted by atomic mass is 10.0. The van der Waals surface area contributed by atoms with Gasteiger partial charge in [0, 0.05) is 34.8 Å². The second-order valence-electron chi connectivity index (χ2n) is 10.8. The lowest BCUT2D eigenvalue weighted by Gasteiger charge is -2.24. The van der Waals surface area contributed by atoms with Gasteiger partial charge in [-0.2, -0.15) is 0 Å². The third-order valence-electron chi connectivity index (χ3n) is 7.77. The zero-order chi connectivity index (χ0) is 28.1. The quantitative estimate of drug-likeness (QED) is 0.221. The normalized spacial score (nSPS) is 11.4. The molecule has 0 aliphatic rings. The van der Waals surface area contributed by atoms with E-state index in [2.05, 4.69) is 142 Å². The Labute approximate surface area is 239 Å². The zero-order valence-electron chi connectivity index (χ0n) is 23.7. The van der Waals surface area contributed by atoms with Gasteiger partial charge >= 0.3 is 0 Å². The van der Waals surface area contributed by atoms with Gasteiger partial charge in [-0.3, -0.25) is 4.90 Å². The van der Waals surface area contributed by atoms with Crippen molar-refractivity contribution < 1.29 is 0 Å². The molecule has 5 aromatic carbocycles. The highest BCUT2D eigenvalue weighted by Crippen LogP contribution is 2.39. The second kappa shape index (κ2) is 9.79. The molecule has 0 unspecified atom stereocenters. The SMILES string of the molecule is Cc1cc(C)c(N(c2ccn(-c3cccc4ccccc34)n2)c2cc(C)n(-c3cccc4ccccc34)n2)c(C)c1. The van der Waals surface area contributed by atoms with Gasteiger partial charge in [-0.25, -0.2) is 9.36 Å². The maximum Gasteiger partial charge on any atom is 0.161 e. The summed E-state index contributed by atoms with van der Waals surface area (Å²) in [4.78, 5) is 2.19. The van der Waals surface area contributed by atoms with Crippen LogP contribution in [0.3, 0.4) is 0 Å². The van der Waals surface area contributed by atoms with E-state index in [1.807, 2.05) is 15.6 Å². The van der Waals surface area contributed by atoms with Crippen molar-refractivity contribution in [1.29, 1.82) is 0 Å². The summed E-state index contributed by atoms with van der Waals surface area (Å²) in [5.41, 5.74) is 7.86. The number of aromatic nitrogens is 4. The zero-order valence-corrected chi connectivity index (χ0v) is 23.7.